The van der Waals surface area contributed by atoms with Crippen molar-refractivity contribution in [1.82, 2.24) is 4.98 Å². The Balaban J connectivity index is 2.07. The predicted molar refractivity (Wildman–Crippen MR) is 64.5 cm³/mol. The van der Waals surface area contributed by atoms with E-state index in [1.165, 1.54) is 22.3 Å². The average Bonchev–Trinajstić information content (AvgIpc) is 2.82. The highest BCUT2D eigenvalue weighted by atomic mass is 32.1. The first-order valence-corrected chi connectivity index (χ1v) is 6.08. The molecule has 2 heterocycles. The van der Waals surface area contributed by atoms with Crippen LogP contribution in [-0.2, 0) is 4.79 Å². The first-order chi connectivity index (χ1) is 8.15. The van der Waals surface area contributed by atoms with Gasteiger partial charge in [0.05, 0.1) is 4.70 Å². The van der Waals surface area contributed by atoms with Crippen LogP contribution in [0.2, 0.25) is 0 Å². The molecule has 3 rings (SSSR count). The second-order valence-electron chi connectivity index (χ2n) is 4.05. The number of fused-ring (bicyclic) bond motifs is 1. The minimum atomic E-state index is -0.360. The van der Waals surface area contributed by atoms with E-state index in [0.717, 1.165) is 4.70 Å². The summed E-state index contributed by atoms with van der Waals surface area (Å²) in [5.41, 5.74) is 6.04. The number of amides is 1. The van der Waals surface area contributed by atoms with Gasteiger partial charge in [0, 0.05) is 19.0 Å². The van der Waals surface area contributed by atoms with Crippen LogP contribution < -0.4 is 10.6 Å². The van der Waals surface area contributed by atoms with Gasteiger partial charge in [-0.2, -0.15) is 0 Å². The molecular weight excluding hydrogens is 241 g/mol. The molecule has 1 aliphatic rings. The Morgan fingerprint density at radius 1 is 1.53 bits per heavy atom. The normalized spacial score (nSPS) is 20.5. The third kappa shape index (κ3) is 1.69. The highest BCUT2D eigenvalue weighted by molar-refractivity contribution is 7.22. The number of rotatable bonds is 1. The Bertz CT molecular complexity index is 597. The summed E-state index contributed by atoms with van der Waals surface area (Å²) in [5, 5.41) is 0.531. The smallest absolute Gasteiger partial charge is 0.230 e. The fourth-order valence-electron chi connectivity index (χ4n) is 1.94. The maximum atomic E-state index is 13.5. The van der Waals surface area contributed by atoms with Crippen LogP contribution in [0.3, 0.4) is 0 Å². The van der Waals surface area contributed by atoms with Gasteiger partial charge < -0.3 is 5.73 Å². The van der Waals surface area contributed by atoms with E-state index in [4.69, 9.17) is 5.73 Å². The average molecular weight is 251 g/mol. The zero-order valence-electron chi connectivity index (χ0n) is 8.89. The lowest BCUT2D eigenvalue weighted by atomic mass is 10.3. The zero-order valence-corrected chi connectivity index (χ0v) is 9.71. The molecule has 1 amide bonds. The van der Waals surface area contributed by atoms with Crippen LogP contribution in [0, 0.1) is 5.82 Å². The molecule has 0 bridgehead atoms. The van der Waals surface area contributed by atoms with Crippen molar-refractivity contribution < 1.29 is 9.18 Å². The van der Waals surface area contributed by atoms with Gasteiger partial charge >= 0.3 is 0 Å². The second kappa shape index (κ2) is 3.75. The van der Waals surface area contributed by atoms with Crippen molar-refractivity contribution in [3.63, 3.8) is 0 Å². The van der Waals surface area contributed by atoms with Crippen LogP contribution in [0.4, 0.5) is 9.52 Å². The van der Waals surface area contributed by atoms with Gasteiger partial charge in [-0.3, -0.25) is 9.69 Å². The van der Waals surface area contributed by atoms with Crippen molar-refractivity contribution in [2.24, 2.45) is 5.73 Å². The van der Waals surface area contributed by atoms with Crippen molar-refractivity contribution in [1.29, 1.82) is 0 Å². The Hall–Kier alpha value is -1.53. The number of thiazole rings is 1. The third-order valence-corrected chi connectivity index (χ3v) is 3.79. The number of aromatic nitrogens is 1. The predicted octanol–water partition coefficient (Wildman–Crippen LogP) is 1.50. The SMILES string of the molecule is NC1CC(=O)N(c2nc3c(F)cccc3s2)C1. The second-order valence-corrected chi connectivity index (χ2v) is 5.06. The maximum absolute atomic E-state index is 13.5. The number of para-hydroxylation sites is 1. The molecule has 2 aromatic rings. The topological polar surface area (TPSA) is 59.2 Å². The number of hydrogen-bond acceptors (Lipinski definition) is 4. The van der Waals surface area contributed by atoms with Gasteiger partial charge in [0.2, 0.25) is 5.91 Å². The van der Waals surface area contributed by atoms with E-state index < -0.39 is 0 Å². The molecule has 1 unspecified atom stereocenters. The molecule has 1 saturated heterocycles. The molecule has 0 spiro atoms. The van der Waals surface area contributed by atoms with E-state index in [2.05, 4.69) is 4.98 Å². The molecule has 1 aromatic carbocycles. The Labute approximate surface area is 101 Å². The van der Waals surface area contributed by atoms with Gasteiger partial charge in [0.25, 0.3) is 0 Å². The van der Waals surface area contributed by atoms with Crippen LogP contribution in [0.5, 0.6) is 0 Å². The maximum Gasteiger partial charge on any atom is 0.230 e. The van der Waals surface area contributed by atoms with E-state index in [0.29, 0.717) is 23.6 Å². The molecule has 0 radical (unpaired) electrons. The zero-order chi connectivity index (χ0) is 12.0. The summed E-state index contributed by atoms with van der Waals surface area (Å²) in [4.78, 5) is 17.4. The van der Waals surface area contributed by atoms with Gasteiger partial charge in [-0.1, -0.05) is 17.4 Å². The van der Waals surface area contributed by atoms with Crippen LogP contribution >= 0.6 is 11.3 Å². The van der Waals surface area contributed by atoms with E-state index in [9.17, 15) is 9.18 Å². The van der Waals surface area contributed by atoms with Crippen LogP contribution in [0.25, 0.3) is 10.2 Å². The lowest BCUT2D eigenvalue weighted by Crippen LogP contribution is -2.27. The number of carbonyl (C=O) groups is 1. The van der Waals surface area contributed by atoms with Gasteiger partial charge in [-0.15, -0.1) is 0 Å². The van der Waals surface area contributed by atoms with Crippen LogP contribution in [0.15, 0.2) is 18.2 Å². The molecule has 2 N–H and O–H groups in total. The summed E-state index contributed by atoms with van der Waals surface area (Å²) in [6.45, 7) is 0.459. The Morgan fingerprint density at radius 3 is 3.00 bits per heavy atom. The van der Waals surface area contributed by atoms with Crippen molar-refractivity contribution in [2.75, 3.05) is 11.4 Å². The first-order valence-electron chi connectivity index (χ1n) is 5.26. The largest absolute Gasteiger partial charge is 0.326 e. The van der Waals surface area contributed by atoms with Crippen molar-refractivity contribution >= 4 is 32.6 Å². The Kier molecular flexibility index (Phi) is 2.34. The van der Waals surface area contributed by atoms with E-state index in [-0.39, 0.29) is 17.8 Å². The highest BCUT2D eigenvalue weighted by Crippen LogP contribution is 2.32. The fourth-order valence-corrected chi connectivity index (χ4v) is 2.95. The molecule has 4 nitrogen and oxygen atoms in total. The monoisotopic (exact) mass is 251 g/mol. The number of halogens is 1. The molecule has 17 heavy (non-hydrogen) atoms. The lowest BCUT2D eigenvalue weighted by molar-refractivity contribution is -0.117. The standard InChI is InChI=1S/C11H10FN3OS/c12-7-2-1-3-8-10(7)14-11(17-8)15-5-6(13)4-9(15)16/h1-3,6H,4-5,13H2. The highest BCUT2D eigenvalue weighted by Gasteiger charge is 2.30. The van der Waals surface area contributed by atoms with Gasteiger partial charge in [-0.05, 0) is 12.1 Å². The number of carbonyl (C=O) groups excluding carboxylic acids is 1. The number of hydrogen-bond donors (Lipinski definition) is 1. The summed E-state index contributed by atoms with van der Waals surface area (Å²) < 4.78 is 14.2. The molecule has 1 fully saturated rings. The van der Waals surface area contributed by atoms with Crippen molar-refractivity contribution in [3.05, 3.63) is 24.0 Å². The summed E-state index contributed by atoms with van der Waals surface area (Å²) in [6, 6.07) is 4.64. The molecule has 0 saturated carbocycles. The number of nitrogens with zero attached hydrogens (tertiary/aromatic N) is 2. The third-order valence-electron chi connectivity index (χ3n) is 2.74. The number of nitrogens with two attached hydrogens (primary N) is 1. The van der Waals surface area contributed by atoms with Gasteiger partial charge in [-0.25, -0.2) is 9.37 Å². The molecule has 1 atom stereocenters. The lowest BCUT2D eigenvalue weighted by Gasteiger charge is -2.10. The minimum absolute atomic E-state index is 0.0445. The first kappa shape index (κ1) is 10.6. The molecule has 88 valence electrons. The summed E-state index contributed by atoms with van der Waals surface area (Å²) >= 11 is 1.31. The quantitative estimate of drug-likeness (QED) is 0.835. The van der Waals surface area contributed by atoms with E-state index >= 15 is 0 Å². The minimum Gasteiger partial charge on any atom is -0.326 e. The molecule has 1 aromatic heterocycles. The van der Waals surface area contributed by atoms with Gasteiger partial charge in [0.1, 0.15) is 11.3 Å². The summed E-state index contributed by atoms with van der Waals surface area (Å²) in [6.07, 6.45) is 0.332. The Morgan fingerprint density at radius 2 is 2.35 bits per heavy atom. The van der Waals surface area contributed by atoms with E-state index in [1.807, 2.05) is 0 Å². The van der Waals surface area contributed by atoms with E-state index in [1.54, 1.807) is 12.1 Å². The van der Waals surface area contributed by atoms with Crippen LogP contribution in [0.1, 0.15) is 6.42 Å². The summed E-state index contributed by atoms with van der Waals surface area (Å²) in [7, 11) is 0. The number of benzene rings is 1. The number of anilines is 1. The molecule has 1 aliphatic heterocycles. The molecular formula is C11H10FN3OS. The van der Waals surface area contributed by atoms with Gasteiger partial charge in [0.15, 0.2) is 5.13 Å². The van der Waals surface area contributed by atoms with Crippen LogP contribution in [-0.4, -0.2) is 23.5 Å². The van der Waals surface area contributed by atoms with Crippen molar-refractivity contribution in [3.8, 4) is 0 Å². The molecule has 0 aliphatic carbocycles. The molecule has 6 heteroatoms. The fraction of sp³-hybridized carbons (Fsp3) is 0.273. The summed E-state index contributed by atoms with van der Waals surface area (Å²) in [5.74, 6) is -0.405. The van der Waals surface area contributed by atoms with Crippen molar-refractivity contribution in [2.45, 2.75) is 12.5 Å².